The van der Waals surface area contributed by atoms with E-state index >= 15 is 0 Å². The number of rotatable bonds is 2. The van der Waals surface area contributed by atoms with E-state index in [2.05, 4.69) is 15.2 Å². The highest BCUT2D eigenvalue weighted by Crippen LogP contribution is 2.34. The Morgan fingerprint density at radius 1 is 1.42 bits per heavy atom. The number of ether oxygens (including phenoxy) is 1. The van der Waals surface area contributed by atoms with Gasteiger partial charge in [-0.25, -0.2) is 4.98 Å². The van der Waals surface area contributed by atoms with Gasteiger partial charge in [0.2, 0.25) is 5.91 Å². The van der Waals surface area contributed by atoms with Crippen molar-refractivity contribution in [2.24, 2.45) is 11.7 Å². The molecule has 24 heavy (non-hydrogen) atoms. The summed E-state index contributed by atoms with van der Waals surface area (Å²) < 4.78 is 5.73. The lowest BCUT2D eigenvalue weighted by molar-refractivity contribution is -0.147. The number of carbonyl (C=O) groups is 1. The number of nitrogens with one attached hydrogen (secondary N) is 1. The first-order chi connectivity index (χ1) is 10.5. The number of hydrogen-bond acceptors (Lipinski definition) is 5. The van der Waals surface area contributed by atoms with Crippen molar-refractivity contribution in [3.8, 4) is 0 Å². The summed E-state index contributed by atoms with van der Waals surface area (Å²) in [6.07, 6.45) is 3.73. The molecule has 1 aromatic heterocycles. The smallest absolute Gasteiger partial charge is 0.227 e. The average molecular weight is 380 g/mol. The fraction of sp³-hybridized carbons (Fsp3) is 0.800. The van der Waals surface area contributed by atoms with Crippen molar-refractivity contribution in [1.82, 2.24) is 20.1 Å². The lowest BCUT2D eigenvalue weighted by Crippen LogP contribution is -2.55. The molecule has 3 unspecified atom stereocenters. The maximum Gasteiger partial charge on any atom is 0.227 e. The Morgan fingerprint density at radius 3 is 2.79 bits per heavy atom. The first-order valence-corrected chi connectivity index (χ1v) is 8.05. The van der Waals surface area contributed by atoms with E-state index in [0.717, 1.165) is 31.5 Å². The molecule has 1 saturated heterocycles. The maximum atomic E-state index is 12.9. The number of aromatic nitrogens is 3. The van der Waals surface area contributed by atoms with E-state index in [1.54, 1.807) is 0 Å². The van der Waals surface area contributed by atoms with Crippen LogP contribution in [-0.4, -0.2) is 51.2 Å². The molecule has 3 N–H and O–H groups in total. The molecular formula is C15H27Cl2N5O2. The van der Waals surface area contributed by atoms with E-state index in [1.807, 2.05) is 18.7 Å². The first kappa shape index (κ1) is 21.2. The zero-order chi connectivity index (χ0) is 15.7. The van der Waals surface area contributed by atoms with Gasteiger partial charge in [0, 0.05) is 12.1 Å². The van der Waals surface area contributed by atoms with Gasteiger partial charge in [-0.05, 0) is 26.7 Å². The Morgan fingerprint density at radius 2 is 2.17 bits per heavy atom. The van der Waals surface area contributed by atoms with Crippen molar-refractivity contribution in [2.75, 3.05) is 19.7 Å². The van der Waals surface area contributed by atoms with Crippen LogP contribution in [0.3, 0.4) is 0 Å². The largest absolute Gasteiger partial charge is 0.366 e. The number of aromatic amines is 1. The molecule has 3 rings (SSSR count). The fourth-order valence-corrected chi connectivity index (χ4v) is 3.49. The number of amides is 1. The standard InChI is InChI=1S/C15H25N5O2.2ClH/c1-10-17-13(19-18-10)12-9-20(7-8-22-12)14(21)11-5-3-4-6-15(11,2)16;;/h11-12H,3-9,16H2,1-2H3,(H,17,18,19);2*1H. The van der Waals surface area contributed by atoms with E-state index in [9.17, 15) is 4.79 Å². The van der Waals surface area contributed by atoms with Gasteiger partial charge in [0.05, 0.1) is 19.1 Å². The van der Waals surface area contributed by atoms with Gasteiger partial charge in [-0.1, -0.05) is 12.8 Å². The summed E-state index contributed by atoms with van der Waals surface area (Å²) in [6, 6.07) is 0. The number of nitrogens with two attached hydrogens (primary N) is 1. The van der Waals surface area contributed by atoms with Gasteiger partial charge in [0.1, 0.15) is 11.9 Å². The average Bonchev–Trinajstić information content (AvgIpc) is 2.93. The van der Waals surface area contributed by atoms with E-state index in [0.29, 0.717) is 25.5 Å². The summed E-state index contributed by atoms with van der Waals surface area (Å²) in [5.41, 5.74) is 5.97. The lowest BCUT2D eigenvalue weighted by Gasteiger charge is -2.41. The minimum atomic E-state index is -0.399. The van der Waals surface area contributed by atoms with Gasteiger partial charge in [0.25, 0.3) is 0 Å². The summed E-state index contributed by atoms with van der Waals surface area (Å²) in [5.74, 6) is 1.44. The molecule has 2 fully saturated rings. The van der Waals surface area contributed by atoms with Crippen molar-refractivity contribution in [2.45, 2.75) is 51.2 Å². The molecule has 2 heterocycles. The summed E-state index contributed by atoms with van der Waals surface area (Å²) in [4.78, 5) is 19.1. The lowest BCUT2D eigenvalue weighted by atomic mass is 9.74. The molecule has 1 aromatic rings. The molecule has 0 bridgehead atoms. The van der Waals surface area contributed by atoms with Crippen LogP contribution < -0.4 is 5.73 Å². The van der Waals surface area contributed by atoms with Gasteiger partial charge < -0.3 is 15.4 Å². The van der Waals surface area contributed by atoms with Crippen LogP contribution in [0.2, 0.25) is 0 Å². The topological polar surface area (TPSA) is 97.1 Å². The van der Waals surface area contributed by atoms with Crippen LogP contribution in [0.25, 0.3) is 0 Å². The predicted octanol–water partition coefficient (Wildman–Crippen LogP) is 1.76. The highest BCUT2D eigenvalue weighted by atomic mass is 35.5. The SMILES string of the molecule is Cc1nc(C2CN(C(=O)C3CCCCC3(C)N)CCO2)n[nH]1.Cl.Cl. The van der Waals surface area contributed by atoms with Crippen molar-refractivity contribution in [3.63, 3.8) is 0 Å². The van der Waals surface area contributed by atoms with Crippen LogP contribution in [0.5, 0.6) is 0 Å². The van der Waals surface area contributed by atoms with Crippen LogP contribution in [0.15, 0.2) is 0 Å². The number of hydrogen-bond donors (Lipinski definition) is 2. The van der Waals surface area contributed by atoms with Gasteiger partial charge in [-0.15, -0.1) is 24.8 Å². The quantitative estimate of drug-likeness (QED) is 0.815. The Bertz CT molecular complexity index is 552. The molecule has 3 atom stereocenters. The molecule has 1 aliphatic heterocycles. The van der Waals surface area contributed by atoms with Crippen molar-refractivity contribution < 1.29 is 9.53 Å². The molecule has 1 saturated carbocycles. The summed E-state index contributed by atoms with van der Waals surface area (Å²) in [6.45, 7) is 5.49. The fourth-order valence-electron chi connectivity index (χ4n) is 3.49. The molecular weight excluding hydrogens is 353 g/mol. The molecule has 9 heteroatoms. The van der Waals surface area contributed by atoms with Gasteiger partial charge in [-0.3, -0.25) is 9.89 Å². The number of nitrogens with zero attached hydrogens (tertiary/aromatic N) is 3. The zero-order valence-electron chi connectivity index (χ0n) is 14.2. The molecule has 1 amide bonds. The predicted molar refractivity (Wildman–Crippen MR) is 95.4 cm³/mol. The molecule has 2 aliphatic rings. The summed E-state index contributed by atoms with van der Waals surface area (Å²) >= 11 is 0. The van der Waals surface area contributed by atoms with Crippen molar-refractivity contribution in [1.29, 1.82) is 0 Å². The second-order valence-corrected chi connectivity index (χ2v) is 6.73. The number of H-pyrrole nitrogens is 1. The van der Waals surface area contributed by atoms with Crippen LogP contribution in [0, 0.1) is 12.8 Å². The number of carbonyl (C=O) groups excluding carboxylic acids is 1. The highest BCUT2D eigenvalue weighted by molar-refractivity contribution is 5.85. The van der Waals surface area contributed by atoms with Crippen molar-refractivity contribution >= 4 is 30.7 Å². The minimum absolute atomic E-state index is 0. The zero-order valence-corrected chi connectivity index (χ0v) is 15.8. The van der Waals surface area contributed by atoms with E-state index < -0.39 is 5.54 Å². The van der Waals surface area contributed by atoms with Gasteiger partial charge >= 0.3 is 0 Å². The Hall–Kier alpha value is -0.890. The van der Waals surface area contributed by atoms with Crippen LogP contribution in [-0.2, 0) is 9.53 Å². The first-order valence-electron chi connectivity index (χ1n) is 8.05. The van der Waals surface area contributed by atoms with E-state index in [-0.39, 0.29) is 42.7 Å². The summed E-state index contributed by atoms with van der Waals surface area (Å²) in [5, 5.41) is 6.97. The summed E-state index contributed by atoms with van der Waals surface area (Å²) in [7, 11) is 0. The molecule has 1 aliphatic carbocycles. The molecule has 0 spiro atoms. The molecule has 138 valence electrons. The number of halogens is 2. The highest BCUT2D eigenvalue weighted by Gasteiger charge is 2.41. The monoisotopic (exact) mass is 379 g/mol. The van der Waals surface area contributed by atoms with Crippen LogP contribution in [0.1, 0.15) is 50.4 Å². The van der Waals surface area contributed by atoms with Crippen LogP contribution in [0.4, 0.5) is 0 Å². The second kappa shape index (κ2) is 8.47. The number of morpholine rings is 1. The Labute approximate surface area is 154 Å². The third-order valence-electron chi connectivity index (χ3n) is 4.83. The van der Waals surface area contributed by atoms with E-state index in [4.69, 9.17) is 10.5 Å². The van der Waals surface area contributed by atoms with Gasteiger partial charge in [-0.2, -0.15) is 5.10 Å². The van der Waals surface area contributed by atoms with E-state index in [1.165, 1.54) is 0 Å². The molecule has 0 aromatic carbocycles. The Balaban J connectivity index is 0.00000144. The third kappa shape index (κ3) is 4.39. The normalized spacial score (nSPS) is 30.2. The van der Waals surface area contributed by atoms with Gasteiger partial charge in [0.15, 0.2) is 5.82 Å². The van der Waals surface area contributed by atoms with Crippen molar-refractivity contribution in [3.05, 3.63) is 11.6 Å². The maximum absolute atomic E-state index is 12.9. The third-order valence-corrected chi connectivity index (χ3v) is 4.83. The Kier molecular flexibility index (Phi) is 7.46. The second-order valence-electron chi connectivity index (χ2n) is 6.73. The number of aryl methyl sites for hydroxylation is 1. The molecule has 0 radical (unpaired) electrons. The van der Waals surface area contributed by atoms with Crippen LogP contribution >= 0.6 is 24.8 Å². The molecule has 7 nitrogen and oxygen atoms in total. The minimum Gasteiger partial charge on any atom is -0.366 e.